The monoisotopic (exact) mass is 369 g/mol. The Morgan fingerprint density at radius 3 is 2.67 bits per heavy atom. The maximum Gasteiger partial charge on any atom is 0.325 e. The van der Waals surface area contributed by atoms with Gasteiger partial charge in [-0.15, -0.1) is 0 Å². The number of nitrogens with zero attached hydrogens (tertiary/aromatic N) is 1. The summed E-state index contributed by atoms with van der Waals surface area (Å²) in [7, 11) is 0. The van der Waals surface area contributed by atoms with Gasteiger partial charge >= 0.3 is 5.97 Å². The Balaban J connectivity index is 2.10. The van der Waals surface area contributed by atoms with Gasteiger partial charge in [0, 0.05) is 17.8 Å². The number of carbonyl (C=O) groups is 2. The van der Waals surface area contributed by atoms with Crippen LogP contribution in [0.1, 0.15) is 34.0 Å². The molecule has 0 radical (unpaired) electrons. The molecule has 2 rings (SSSR count). The Bertz CT molecular complexity index is 891. The van der Waals surface area contributed by atoms with Crippen molar-refractivity contribution in [3.05, 3.63) is 64.5 Å². The molecule has 0 fully saturated rings. The molecule has 1 amide bonds. The van der Waals surface area contributed by atoms with Crippen molar-refractivity contribution in [3.8, 4) is 6.07 Å². The number of aryl methyl sites for hydroxylation is 1. The highest BCUT2D eigenvalue weighted by Crippen LogP contribution is 2.18. The summed E-state index contributed by atoms with van der Waals surface area (Å²) in [6, 6.07) is 11.1. The predicted molar refractivity (Wildman–Crippen MR) is 98.6 cm³/mol. The van der Waals surface area contributed by atoms with E-state index in [4.69, 9.17) is 10.00 Å². The summed E-state index contributed by atoms with van der Waals surface area (Å²) in [4.78, 5) is 23.8. The van der Waals surface area contributed by atoms with Crippen molar-refractivity contribution in [2.75, 3.05) is 18.5 Å². The zero-order valence-corrected chi connectivity index (χ0v) is 15.1. The third-order valence-electron chi connectivity index (χ3n) is 3.83. The molecule has 0 bridgehead atoms. The number of hydrogen-bond acceptors (Lipinski definition) is 5. The van der Waals surface area contributed by atoms with Gasteiger partial charge in [0.15, 0.2) is 0 Å². The fourth-order valence-corrected chi connectivity index (χ4v) is 2.41. The molecule has 2 N–H and O–H groups in total. The molecule has 27 heavy (non-hydrogen) atoms. The van der Waals surface area contributed by atoms with E-state index in [1.807, 2.05) is 6.07 Å². The highest BCUT2D eigenvalue weighted by molar-refractivity contribution is 5.94. The van der Waals surface area contributed by atoms with Crippen LogP contribution in [0.25, 0.3) is 0 Å². The Morgan fingerprint density at radius 2 is 2.00 bits per heavy atom. The lowest BCUT2D eigenvalue weighted by Gasteiger charge is -2.13. The minimum atomic E-state index is -0.420. The summed E-state index contributed by atoms with van der Waals surface area (Å²) in [6.45, 7) is 3.70. The quantitative estimate of drug-likeness (QED) is 0.732. The third kappa shape index (κ3) is 5.54. The smallest absolute Gasteiger partial charge is 0.325 e. The highest BCUT2D eigenvalue weighted by atomic mass is 19.1. The molecule has 0 heterocycles. The molecule has 0 aliphatic heterocycles. The van der Waals surface area contributed by atoms with E-state index in [2.05, 4.69) is 10.6 Å². The number of nitrogens with one attached hydrogen (secondary N) is 2. The van der Waals surface area contributed by atoms with Crippen molar-refractivity contribution >= 4 is 17.6 Å². The molecule has 0 aromatic heterocycles. The summed E-state index contributed by atoms with van der Waals surface area (Å²) in [5.74, 6) is -1.14. The van der Waals surface area contributed by atoms with Gasteiger partial charge < -0.3 is 15.4 Å². The topological polar surface area (TPSA) is 91.2 Å². The van der Waals surface area contributed by atoms with Crippen molar-refractivity contribution in [3.63, 3.8) is 0 Å². The molecular formula is C20H20FN3O3. The minimum absolute atomic E-state index is 0.0547. The number of halogens is 1. The zero-order valence-electron chi connectivity index (χ0n) is 15.1. The maximum atomic E-state index is 13.3. The van der Waals surface area contributed by atoms with Crippen molar-refractivity contribution in [1.29, 1.82) is 5.26 Å². The lowest BCUT2D eigenvalue weighted by molar-refractivity contribution is -0.140. The molecule has 0 saturated carbocycles. The number of ether oxygens (including phenoxy) is 1. The maximum absolute atomic E-state index is 13.3. The Labute approximate surface area is 157 Å². The number of nitriles is 1. The number of anilines is 1. The van der Waals surface area contributed by atoms with E-state index >= 15 is 0 Å². The average molecular weight is 369 g/mol. The van der Waals surface area contributed by atoms with Crippen molar-refractivity contribution in [1.82, 2.24) is 5.32 Å². The van der Waals surface area contributed by atoms with Crippen LogP contribution in [-0.2, 0) is 16.1 Å². The number of esters is 1. The van der Waals surface area contributed by atoms with Gasteiger partial charge in [0.1, 0.15) is 12.4 Å². The van der Waals surface area contributed by atoms with Crippen LogP contribution in [0, 0.1) is 24.1 Å². The molecule has 0 aliphatic rings. The van der Waals surface area contributed by atoms with E-state index in [-0.39, 0.29) is 31.4 Å². The number of carbonyl (C=O) groups excluding carboxylic acids is 2. The summed E-state index contributed by atoms with van der Waals surface area (Å²) in [6.07, 6.45) is 0. The largest absolute Gasteiger partial charge is 0.465 e. The number of hydrogen-bond donors (Lipinski definition) is 2. The number of rotatable bonds is 7. The first-order valence-electron chi connectivity index (χ1n) is 8.41. The lowest BCUT2D eigenvalue weighted by Crippen LogP contribution is -2.24. The van der Waals surface area contributed by atoms with E-state index in [1.54, 1.807) is 32.0 Å². The first kappa shape index (κ1) is 19.9. The van der Waals surface area contributed by atoms with Crippen molar-refractivity contribution in [2.24, 2.45) is 0 Å². The van der Waals surface area contributed by atoms with E-state index < -0.39 is 5.97 Å². The number of amides is 1. The summed E-state index contributed by atoms with van der Waals surface area (Å²) in [5, 5.41) is 14.7. The van der Waals surface area contributed by atoms with Gasteiger partial charge in [-0.3, -0.25) is 9.59 Å². The Kier molecular flexibility index (Phi) is 6.89. The highest BCUT2D eigenvalue weighted by Gasteiger charge is 2.11. The Hall–Kier alpha value is -3.40. The van der Waals surface area contributed by atoms with Crippen LogP contribution in [0.5, 0.6) is 0 Å². The second kappa shape index (κ2) is 9.34. The second-order valence-electron chi connectivity index (χ2n) is 5.79. The van der Waals surface area contributed by atoms with Gasteiger partial charge in [0.25, 0.3) is 5.91 Å². The fraction of sp³-hybridized carbons (Fsp3) is 0.250. The molecule has 140 valence electrons. The molecule has 0 spiro atoms. The normalized spacial score (nSPS) is 10.0. The standard InChI is InChI=1S/C20H20FN3O3/c1-3-27-19(25)12-23-18-9-14(10-22)4-5-16(18)11-24-20(26)15-6-7-17(21)13(2)8-15/h4-9,23H,3,11-12H2,1-2H3,(H,24,26). The molecule has 0 aliphatic carbocycles. The second-order valence-corrected chi connectivity index (χ2v) is 5.79. The molecular weight excluding hydrogens is 349 g/mol. The van der Waals surface area contributed by atoms with E-state index in [0.717, 1.165) is 0 Å². The first-order chi connectivity index (χ1) is 12.9. The van der Waals surface area contributed by atoms with Gasteiger partial charge in [0.05, 0.1) is 18.2 Å². The van der Waals surface area contributed by atoms with E-state index in [1.165, 1.54) is 18.2 Å². The SMILES string of the molecule is CCOC(=O)CNc1cc(C#N)ccc1CNC(=O)c1ccc(F)c(C)c1. The van der Waals surface area contributed by atoms with Crippen LogP contribution < -0.4 is 10.6 Å². The van der Waals surface area contributed by atoms with Gasteiger partial charge in [-0.05, 0) is 55.3 Å². The number of benzene rings is 2. The molecule has 0 atom stereocenters. The molecule has 7 heteroatoms. The summed E-state index contributed by atoms with van der Waals surface area (Å²) in [5.41, 5.74) is 2.41. The minimum Gasteiger partial charge on any atom is -0.465 e. The van der Waals surface area contributed by atoms with Crippen LogP contribution in [0.2, 0.25) is 0 Å². The van der Waals surface area contributed by atoms with Crippen molar-refractivity contribution in [2.45, 2.75) is 20.4 Å². The van der Waals surface area contributed by atoms with Crippen LogP contribution >= 0.6 is 0 Å². The summed E-state index contributed by atoms with van der Waals surface area (Å²) >= 11 is 0. The molecule has 2 aromatic carbocycles. The predicted octanol–water partition coefficient (Wildman–Crippen LogP) is 2.91. The van der Waals surface area contributed by atoms with Crippen LogP contribution in [0.3, 0.4) is 0 Å². The Morgan fingerprint density at radius 1 is 1.22 bits per heavy atom. The molecule has 2 aromatic rings. The van der Waals surface area contributed by atoms with Gasteiger partial charge in [-0.25, -0.2) is 4.39 Å². The molecule has 6 nitrogen and oxygen atoms in total. The molecule has 0 saturated heterocycles. The molecule has 0 unspecified atom stereocenters. The third-order valence-corrected chi connectivity index (χ3v) is 3.83. The lowest BCUT2D eigenvalue weighted by atomic mass is 10.1. The van der Waals surface area contributed by atoms with Gasteiger partial charge in [-0.2, -0.15) is 5.26 Å². The van der Waals surface area contributed by atoms with Gasteiger partial charge in [0.2, 0.25) is 0 Å². The van der Waals surface area contributed by atoms with Crippen LogP contribution in [-0.4, -0.2) is 25.0 Å². The van der Waals surface area contributed by atoms with Gasteiger partial charge in [-0.1, -0.05) is 6.07 Å². The van der Waals surface area contributed by atoms with Crippen molar-refractivity contribution < 1.29 is 18.7 Å². The van der Waals surface area contributed by atoms with E-state index in [9.17, 15) is 14.0 Å². The summed E-state index contributed by atoms with van der Waals surface area (Å²) < 4.78 is 18.2. The average Bonchev–Trinajstić information content (AvgIpc) is 2.67. The van der Waals surface area contributed by atoms with Crippen LogP contribution in [0.15, 0.2) is 36.4 Å². The van der Waals surface area contributed by atoms with Crippen LogP contribution in [0.4, 0.5) is 10.1 Å². The zero-order chi connectivity index (χ0) is 19.8. The van der Waals surface area contributed by atoms with E-state index in [0.29, 0.717) is 27.9 Å². The fourth-order valence-electron chi connectivity index (χ4n) is 2.41. The first-order valence-corrected chi connectivity index (χ1v) is 8.41.